The average Bonchev–Trinajstić information content (AvgIpc) is 3.63. The summed E-state index contributed by atoms with van der Waals surface area (Å²) >= 11 is 1.19. The van der Waals surface area contributed by atoms with Crippen LogP contribution < -0.4 is 16.4 Å². The number of carbonyl (C=O) groups is 5. The van der Waals surface area contributed by atoms with Gasteiger partial charge in [0.15, 0.2) is 6.10 Å². The third-order valence-electron chi connectivity index (χ3n) is 11.6. The van der Waals surface area contributed by atoms with Gasteiger partial charge in [-0.15, -0.1) is 11.3 Å². The van der Waals surface area contributed by atoms with Gasteiger partial charge in [-0.3, -0.25) is 28.9 Å². The lowest BCUT2D eigenvalue weighted by atomic mass is 9.80. The molecule has 5 N–H and O–H groups in total. The summed E-state index contributed by atoms with van der Waals surface area (Å²) in [6.07, 6.45) is 6.49. The first-order valence-electron chi connectivity index (χ1n) is 21.3. The lowest BCUT2D eigenvalue weighted by Crippen LogP contribution is -2.56. The molecule has 15 heteroatoms. The SMILES string of the molecule is CCCCCCN(C(=O)[C@H](C(=O)N[C@H]1CCCCN1C)[C@@H](C)CC)[C@H](C[C@@H](OC(C)=O)c1nc(NC(=O)C(Cc2ccc(F)c(N)c2)CC(C)(C)C(=O)O)cs1)C(C)C. The number of amides is 3. The van der Waals surface area contributed by atoms with Crippen molar-refractivity contribution in [1.29, 1.82) is 0 Å². The quantitative estimate of drug-likeness (QED) is 0.0372. The molecule has 1 unspecified atom stereocenters. The largest absolute Gasteiger partial charge is 0.481 e. The van der Waals surface area contributed by atoms with Crippen LogP contribution in [0, 0.1) is 34.9 Å². The van der Waals surface area contributed by atoms with E-state index in [0.717, 1.165) is 51.5 Å². The number of hydrogen-bond donors (Lipinski definition) is 4. The second kappa shape index (κ2) is 23.0. The molecule has 6 atom stereocenters. The van der Waals surface area contributed by atoms with E-state index in [0.29, 0.717) is 23.5 Å². The molecular weight excluding hydrogens is 776 g/mol. The number of likely N-dealkylation sites (tertiary alicyclic amines) is 1. The van der Waals surface area contributed by atoms with Gasteiger partial charge >= 0.3 is 11.9 Å². The fourth-order valence-electron chi connectivity index (χ4n) is 7.75. The molecule has 0 spiro atoms. The van der Waals surface area contributed by atoms with Crippen LogP contribution in [0.1, 0.15) is 136 Å². The fourth-order valence-corrected chi connectivity index (χ4v) is 8.54. The molecule has 0 bridgehead atoms. The van der Waals surface area contributed by atoms with E-state index in [1.165, 1.54) is 50.3 Å². The summed E-state index contributed by atoms with van der Waals surface area (Å²) in [5.41, 5.74) is 5.03. The number of carboxylic acid groups (broad SMARTS) is 1. The van der Waals surface area contributed by atoms with Crippen LogP contribution in [0.5, 0.6) is 0 Å². The van der Waals surface area contributed by atoms with Crippen LogP contribution in [-0.4, -0.2) is 81.9 Å². The molecule has 1 fully saturated rings. The maximum absolute atomic E-state index is 14.9. The minimum absolute atomic E-state index is 0.0241. The third-order valence-corrected chi connectivity index (χ3v) is 12.5. The number of piperidine rings is 1. The number of anilines is 2. The first-order valence-corrected chi connectivity index (χ1v) is 22.2. The number of rotatable bonds is 23. The number of hydrogen-bond acceptors (Lipinski definition) is 10. The van der Waals surface area contributed by atoms with E-state index in [-0.39, 0.29) is 60.6 Å². The molecule has 0 radical (unpaired) electrons. The fraction of sp³-hybridized carbons (Fsp3) is 0.682. The van der Waals surface area contributed by atoms with Crippen LogP contribution in [0.3, 0.4) is 0 Å². The van der Waals surface area contributed by atoms with Crippen LogP contribution >= 0.6 is 11.3 Å². The van der Waals surface area contributed by atoms with E-state index in [9.17, 15) is 33.5 Å². The molecule has 0 aliphatic carbocycles. The number of nitrogens with zero attached hydrogens (tertiary/aromatic N) is 3. The highest BCUT2D eigenvalue weighted by Crippen LogP contribution is 2.35. The van der Waals surface area contributed by atoms with Crippen molar-refractivity contribution in [1.82, 2.24) is 20.1 Å². The Bertz CT molecular complexity index is 1720. The van der Waals surface area contributed by atoms with E-state index in [1.807, 2.05) is 39.6 Å². The Kier molecular flexibility index (Phi) is 19.2. The highest BCUT2D eigenvalue weighted by atomic mass is 32.1. The first-order chi connectivity index (χ1) is 27.8. The summed E-state index contributed by atoms with van der Waals surface area (Å²) < 4.78 is 19.8. The Morgan fingerprint density at radius 3 is 2.41 bits per heavy atom. The predicted molar refractivity (Wildman–Crippen MR) is 230 cm³/mol. The van der Waals surface area contributed by atoms with Crippen LogP contribution in [0.15, 0.2) is 23.6 Å². The molecular formula is C44H69FN6O7S. The van der Waals surface area contributed by atoms with Crippen LogP contribution in [0.2, 0.25) is 0 Å². The molecule has 1 aromatic heterocycles. The topological polar surface area (TPSA) is 184 Å². The number of benzene rings is 1. The zero-order valence-electron chi connectivity index (χ0n) is 36.6. The van der Waals surface area contributed by atoms with E-state index in [2.05, 4.69) is 27.4 Å². The lowest BCUT2D eigenvalue weighted by Gasteiger charge is -2.40. The Morgan fingerprint density at radius 2 is 1.81 bits per heavy atom. The number of nitrogens with one attached hydrogen (secondary N) is 2. The number of carboxylic acids is 1. The molecule has 330 valence electrons. The molecule has 3 amide bonds. The Balaban J connectivity index is 1.95. The normalized spacial score (nSPS) is 17.4. The second-order valence-electron chi connectivity index (χ2n) is 17.3. The number of ether oxygens (including phenoxy) is 1. The van der Waals surface area contributed by atoms with Crippen molar-refractivity contribution in [2.45, 2.75) is 144 Å². The standard InChI is InChI=1S/C44H69FN6O7S/c1-10-12-13-15-21-51(42(55)38(28(5)11-2)40(54)49-37-17-14-16-20-50(37)9)34(27(3)4)24-35(58-29(6)52)41-48-36(26-59-41)47-39(53)31(25-44(7,8)43(56)57)22-30-18-19-32(45)33(46)23-30/h18-19,23,26-28,31,34-35,37-38H,10-17,20-22,24-25,46H2,1-9H3,(H,47,53)(H,49,54)(H,56,57)/t28-,31?,34+,35+,37+,38-/m0/s1. The molecule has 1 saturated heterocycles. The van der Waals surface area contributed by atoms with Crippen LogP contribution in [-0.2, 0) is 35.1 Å². The van der Waals surface area contributed by atoms with Gasteiger partial charge in [-0.1, -0.05) is 66.4 Å². The van der Waals surface area contributed by atoms with Gasteiger partial charge in [0.2, 0.25) is 17.7 Å². The molecule has 59 heavy (non-hydrogen) atoms. The highest BCUT2D eigenvalue weighted by Gasteiger charge is 2.41. The monoisotopic (exact) mass is 844 g/mol. The molecule has 0 saturated carbocycles. The van der Waals surface area contributed by atoms with E-state index in [4.69, 9.17) is 10.5 Å². The first kappa shape index (κ1) is 49.3. The second-order valence-corrected chi connectivity index (χ2v) is 18.2. The summed E-state index contributed by atoms with van der Waals surface area (Å²) in [4.78, 5) is 76.2. The van der Waals surface area contributed by atoms with Crippen molar-refractivity contribution in [2.75, 3.05) is 31.2 Å². The van der Waals surface area contributed by atoms with Crippen molar-refractivity contribution in [3.8, 4) is 0 Å². The number of carbonyl (C=O) groups excluding carboxylic acids is 4. The van der Waals surface area contributed by atoms with Gasteiger partial charge in [-0.05, 0) is 95.5 Å². The molecule has 2 aromatic rings. The highest BCUT2D eigenvalue weighted by molar-refractivity contribution is 7.10. The summed E-state index contributed by atoms with van der Waals surface area (Å²) in [7, 11) is 1.99. The van der Waals surface area contributed by atoms with Crippen LogP contribution in [0.4, 0.5) is 15.9 Å². The number of thiazole rings is 1. The van der Waals surface area contributed by atoms with Crippen molar-refractivity contribution in [3.63, 3.8) is 0 Å². The predicted octanol–water partition coefficient (Wildman–Crippen LogP) is 7.81. The third kappa shape index (κ3) is 14.5. The van der Waals surface area contributed by atoms with Gasteiger partial charge in [0.25, 0.3) is 0 Å². The Hall–Kier alpha value is -4.11. The average molecular weight is 845 g/mol. The maximum Gasteiger partial charge on any atom is 0.309 e. The summed E-state index contributed by atoms with van der Waals surface area (Å²) in [6.45, 7) is 15.8. The van der Waals surface area contributed by atoms with Gasteiger partial charge in [0.05, 0.1) is 17.3 Å². The van der Waals surface area contributed by atoms with Gasteiger partial charge in [-0.25, -0.2) is 9.37 Å². The minimum atomic E-state index is -1.26. The summed E-state index contributed by atoms with van der Waals surface area (Å²) in [6, 6.07) is 3.73. The summed E-state index contributed by atoms with van der Waals surface area (Å²) in [5.74, 6) is -5.06. The Morgan fingerprint density at radius 1 is 1.10 bits per heavy atom. The number of aromatic nitrogens is 1. The van der Waals surface area contributed by atoms with Gasteiger partial charge in [0.1, 0.15) is 22.6 Å². The van der Waals surface area contributed by atoms with Crippen LogP contribution in [0.25, 0.3) is 0 Å². The van der Waals surface area contributed by atoms with Crippen molar-refractivity contribution in [2.24, 2.45) is 29.1 Å². The number of aliphatic carboxylic acids is 1. The zero-order chi connectivity index (χ0) is 44.0. The number of nitrogen functional groups attached to an aromatic ring is 1. The van der Waals surface area contributed by atoms with Crippen molar-refractivity contribution < 1.29 is 38.2 Å². The molecule has 1 aliphatic heterocycles. The van der Waals surface area contributed by atoms with Crippen molar-refractivity contribution >= 4 is 52.5 Å². The molecule has 1 aromatic carbocycles. The number of nitrogens with two attached hydrogens (primary N) is 1. The van der Waals surface area contributed by atoms with Gasteiger partial charge in [-0.2, -0.15) is 0 Å². The molecule has 13 nitrogen and oxygen atoms in total. The molecule has 3 rings (SSSR count). The Labute approximate surface area is 354 Å². The minimum Gasteiger partial charge on any atom is -0.481 e. The summed E-state index contributed by atoms with van der Waals surface area (Å²) in [5, 5.41) is 17.9. The number of unbranched alkanes of at least 4 members (excludes halogenated alkanes) is 3. The lowest BCUT2D eigenvalue weighted by molar-refractivity contribution is -0.151. The zero-order valence-corrected chi connectivity index (χ0v) is 37.5. The molecule has 1 aliphatic rings. The van der Waals surface area contributed by atoms with E-state index < -0.39 is 53.1 Å². The van der Waals surface area contributed by atoms with Gasteiger partial charge < -0.3 is 31.1 Å². The van der Waals surface area contributed by atoms with E-state index >= 15 is 0 Å². The van der Waals surface area contributed by atoms with Gasteiger partial charge in [0, 0.05) is 37.2 Å². The molecule has 2 heterocycles. The smallest absolute Gasteiger partial charge is 0.309 e. The number of esters is 1. The number of halogens is 1. The van der Waals surface area contributed by atoms with E-state index in [1.54, 1.807) is 5.38 Å². The maximum atomic E-state index is 14.9. The van der Waals surface area contributed by atoms with Crippen molar-refractivity contribution in [3.05, 3.63) is 40.0 Å².